The van der Waals surface area contributed by atoms with Crippen molar-refractivity contribution >= 4 is 85.8 Å². The lowest BCUT2D eigenvalue weighted by Gasteiger charge is -2.12. The molecule has 0 amide bonds. The molecule has 0 saturated heterocycles. The van der Waals surface area contributed by atoms with Crippen LogP contribution in [-0.4, -0.2) is 15.0 Å². The molecule has 0 radical (unpaired) electrons. The molecule has 12 rings (SSSR count). The summed E-state index contributed by atoms with van der Waals surface area (Å²) in [6.07, 6.45) is 0. The van der Waals surface area contributed by atoms with Crippen LogP contribution in [0, 0.1) is 0 Å². The smallest absolute Gasteiger partial charge is 0.164 e. The average Bonchev–Trinajstić information content (AvgIpc) is 3.91. The predicted molar refractivity (Wildman–Crippen MR) is 234 cm³/mol. The third-order valence-electron chi connectivity index (χ3n) is 10.6. The lowest BCUT2D eigenvalue weighted by Crippen LogP contribution is -2.00. The second-order valence-electron chi connectivity index (χ2n) is 13.8. The third kappa shape index (κ3) is 4.75. The van der Waals surface area contributed by atoms with Crippen LogP contribution < -0.4 is 0 Å². The van der Waals surface area contributed by atoms with E-state index in [9.17, 15) is 5.48 Å². The monoisotopic (exact) mass is 737 g/mol. The standard InChI is InChI=1S/C51H29N3OS/c1-2-12-30(13-3-1)49-52-50(54-51(53-49)41-20-11-23-46-48(41)40-18-8-9-22-45(40)56-46)32-25-27-39-44(29-32)55-43-21-10-19-33(47(39)43)31-24-26-38-36-16-5-4-14-34(36)35-15-6-7-17-37(35)42(38)28-31/h1-29H/i10D,19D,21D,25D,27D,29D. The van der Waals surface area contributed by atoms with Gasteiger partial charge >= 0.3 is 0 Å². The van der Waals surface area contributed by atoms with Crippen LogP contribution in [-0.2, 0) is 0 Å². The minimum Gasteiger partial charge on any atom is -0.456 e. The summed E-state index contributed by atoms with van der Waals surface area (Å²) >= 11 is 1.68. The minimum atomic E-state index is -0.343. The lowest BCUT2D eigenvalue weighted by molar-refractivity contribution is 0.669. The van der Waals surface area contributed by atoms with Crippen molar-refractivity contribution in [3.63, 3.8) is 0 Å². The zero-order valence-corrected chi connectivity index (χ0v) is 30.3. The second kappa shape index (κ2) is 12.2. The van der Waals surface area contributed by atoms with Crippen molar-refractivity contribution in [1.29, 1.82) is 0 Å². The van der Waals surface area contributed by atoms with E-state index >= 15 is 0 Å². The van der Waals surface area contributed by atoms with Crippen LogP contribution >= 0.6 is 11.3 Å². The van der Waals surface area contributed by atoms with Gasteiger partial charge in [-0.2, -0.15) is 0 Å². The quantitative estimate of drug-likeness (QED) is 0.169. The molecule has 0 spiro atoms. The summed E-state index contributed by atoms with van der Waals surface area (Å²) in [6, 6.07) is 44.2. The minimum absolute atomic E-state index is 0.0264. The van der Waals surface area contributed by atoms with Crippen molar-refractivity contribution in [1.82, 2.24) is 15.0 Å². The Bertz CT molecular complexity index is 3870. The first kappa shape index (κ1) is 25.7. The molecule has 0 bridgehead atoms. The van der Waals surface area contributed by atoms with Gasteiger partial charge in [-0.05, 0) is 79.8 Å². The van der Waals surface area contributed by atoms with Gasteiger partial charge in [0.2, 0.25) is 0 Å². The Morgan fingerprint density at radius 3 is 1.84 bits per heavy atom. The van der Waals surface area contributed by atoms with Crippen molar-refractivity contribution in [3.05, 3.63) is 176 Å². The van der Waals surface area contributed by atoms with Crippen LogP contribution in [0.15, 0.2) is 180 Å². The fourth-order valence-electron chi connectivity index (χ4n) is 8.12. The van der Waals surface area contributed by atoms with E-state index in [0.717, 1.165) is 58.1 Å². The summed E-state index contributed by atoms with van der Waals surface area (Å²) in [7, 11) is 0. The Labute approximate surface area is 333 Å². The highest BCUT2D eigenvalue weighted by molar-refractivity contribution is 7.25. The van der Waals surface area contributed by atoms with Crippen LogP contribution in [0.25, 0.3) is 120 Å². The van der Waals surface area contributed by atoms with Gasteiger partial charge in [-0.3, -0.25) is 0 Å². The molecule has 0 saturated carbocycles. The number of hydrogen-bond acceptors (Lipinski definition) is 5. The van der Waals surface area contributed by atoms with Gasteiger partial charge in [-0.25, -0.2) is 15.0 Å². The maximum Gasteiger partial charge on any atom is 0.164 e. The van der Waals surface area contributed by atoms with Crippen molar-refractivity contribution in [2.24, 2.45) is 0 Å². The Morgan fingerprint density at radius 2 is 1.05 bits per heavy atom. The Balaban J connectivity index is 1.13. The van der Waals surface area contributed by atoms with E-state index < -0.39 is 0 Å². The summed E-state index contributed by atoms with van der Waals surface area (Å²) < 4.78 is 64.7. The molecule has 0 aliphatic heterocycles. The number of aromatic nitrogens is 3. The molecule has 0 fully saturated rings. The Morgan fingerprint density at radius 1 is 0.411 bits per heavy atom. The average molecular weight is 738 g/mol. The summed E-state index contributed by atoms with van der Waals surface area (Å²) in [5.74, 6) is 0.712. The Kier molecular flexibility index (Phi) is 5.59. The summed E-state index contributed by atoms with van der Waals surface area (Å²) in [4.78, 5) is 14.8. The van der Waals surface area contributed by atoms with E-state index in [1.165, 1.54) is 0 Å². The first-order valence-electron chi connectivity index (χ1n) is 21.3. The molecule has 0 aliphatic rings. The van der Waals surface area contributed by atoms with Gasteiger partial charge in [0.05, 0.1) is 8.22 Å². The predicted octanol–water partition coefficient (Wildman–Crippen LogP) is 14.3. The number of furan rings is 1. The van der Waals surface area contributed by atoms with Gasteiger partial charge in [0.25, 0.3) is 0 Å². The highest BCUT2D eigenvalue weighted by atomic mass is 32.1. The molecular formula is C51H29N3OS. The van der Waals surface area contributed by atoms with Gasteiger partial charge in [0, 0.05) is 47.6 Å². The molecule has 5 heteroatoms. The van der Waals surface area contributed by atoms with Crippen LogP contribution in [0.5, 0.6) is 0 Å². The van der Waals surface area contributed by atoms with Gasteiger partial charge in [-0.15, -0.1) is 11.3 Å². The fourth-order valence-corrected chi connectivity index (χ4v) is 9.26. The molecule has 3 heterocycles. The van der Waals surface area contributed by atoms with Crippen molar-refractivity contribution in [3.8, 4) is 45.3 Å². The first-order valence-corrected chi connectivity index (χ1v) is 19.1. The van der Waals surface area contributed by atoms with Crippen molar-refractivity contribution in [2.45, 2.75) is 0 Å². The summed E-state index contributed by atoms with van der Waals surface area (Å²) in [5, 5.41) is 8.67. The molecule has 0 unspecified atom stereocenters. The maximum absolute atomic E-state index is 9.69. The normalized spacial score (nSPS) is 13.4. The topological polar surface area (TPSA) is 51.8 Å². The SMILES string of the molecule is [2H]c1c([2H])c(-c2ccc3c4ccccc4c4ccccc4c3c2)c2c(oc3c([2H])c(-c4nc(-c5ccccc5)nc(-c5cccc6sc7ccccc7c56)n4)c([2H])c([2H])c32)c1[2H]. The van der Waals surface area contributed by atoms with Crippen LogP contribution in [0.1, 0.15) is 8.22 Å². The van der Waals surface area contributed by atoms with Crippen LogP contribution in [0.2, 0.25) is 0 Å². The van der Waals surface area contributed by atoms with Gasteiger partial charge in [0.1, 0.15) is 11.2 Å². The molecule has 0 atom stereocenters. The highest BCUT2D eigenvalue weighted by Crippen LogP contribution is 2.43. The number of rotatable bonds is 4. The molecule has 4 nitrogen and oxygen atoms in total. The molecule has 260 valence electrons. The maximum atomic E-state index is 9.69. The van der Waals surface area contributed by atoms with Crippen molar-refractivity contribution < 1.29 is 12.6 Å². The fraction of sp³-hybridized carbons (Fsp3) is 0. The van der Waals surface area contributed by atoms with E-state index in [2.05, 4.69) is 42.5 Å². The van der Waals surface area contributed by atoms with Crippen LogP contribution in [0.4, 0.5) is 0 Å². The van der Waals surface area contributed by atoms with Gasteiger partial charge < -0.3 is 4.42 Å². The highest BCUT2D eigenvalue weighted by Gasteiger charge is 2.19. The molecule has 3 aromatic heterocycles. The summed E-state index contributed by atoms with van der Waals surface area (Å²) in [6.45, 7) is 0. The van der Waals surface area contributed by atoms with E-state index in [-0.39, 0.29) is 69.6 Å². The molecule has 56 heavy (non-hydrogen) atoms. The van der Waals surface area contributed by atoms with Crippen molar-refractivity contribution in [2.75, 3.05) is 0 Å². The number of thiophene rings is 1. The molecule has 0 N–H and O–H groups in total. The third-order valence-corrected chi connectivity index (χ3v) is 11.8. The number of nitrogens with zero attached hydrogens (tertiary/aromatic N) is 3. The van der Waals surface area contributed by atoms with E-state index in [4.69, 9.17) is 22.1 Å². The first-order chi connectivity index (χ1) is 30.3. The largest absolute Gasteiger partial charge is 0.456 e. The number of fused-ring (bicyclic) bond motifs is 12. The summed E-state index contributed by atoms with van der Waals surface area (Å²) in [5.41, 5.74) is 2.25. The zero-order chi connectivity index (χ0) is 42.0. The zero-order valence-electron chi connectivity index (χ0n) is 35.4. The van der Waals surface area contributed by atoms with Gasteiger partial charge in [-0.1, -0.05) is 139 Å². The molecule has 12 aromatic rings. The Hall–Kier alpha value is -7.21. The lowest BCUT2D eigenvalue weighted by atomic mass is 9.91. The van der Waals surface area contributed by atoms with Gasteiger partial charge in [0.15, 0.2) is 17.5 Å². The van der Waals surface area contributed by atoms with E-state index in [1.807, 2.05) is 97.1 Å². The van der Waals surface area contributed by atoms with E-state index in [0.29, 0.717) is 28.3 Å². The number of hydrogen-bond donors (Lipinski definition) is 0. The molecule has 9 aromatic carbocycles. The van der Waals surface area contributed by atoms with Crippen LogP contribution in [0.3, 0.4) is 0 Å². The second-order valence-corrected chi connectivity index (χ2v) is 14.9. The molecule has 0 aliphatic carbocycles. The molecular weight excluding hydrogens is 703 g/mol. The number of benzene rings is 9. The van der Waals surface area contributed by atoms with E-state index in [1.54, 1.807) is 11.3 Å².